The van der Waals surface area contributed by atoms with Gasteiger partial charge in [-0.2, -0.15) is 0 Å². The zero-order valence-electron chi connectivity index (χ0n) is 16.2. The lowest BCUT2D eigenvalue weighted by Crippen LogP contribution is -2.48. The smallest absolute Gasteiger partial charge is 0.321 e. The Kier molecular flexibility index (Phi) is 8.09. The summed E-state index contributed by atoms with van der Waals surface area (Å²) < 4.78 is 0. The Balaban J connectivity index is 2.23. The van der Waals surface area contributed by atoms with Crippen LogP contribution in [0.1, 0.15) is 64.8 Å². The molecule has 0 aromatic carbocycles. The Hall–Kier alpha value is -1.21. The van der Waals surface area contributed by atoms with Crippen LogP contribution < -0.4 is 4.90 Å². The molecule has 1 saturated heterocycles. The topological polar surface area (TPSA) is 52.6 Å². The second-order valence-corrected chi connectivity index (χ2v) is 7.69. The molecule has 0 aliphatic carbocycles. The minimum atomic E-state index is 0.0756. The van der Waals surface area contributed by atoms with Crippen molar-refractivity contribution in [1.29, 1.82) is 0 Å². The van der Waals surface area contributed by atoms with E-state index in [1.165, 1.54) is 12.8 Å². The molecule has 2 amide bonds. The Morgan fingerprint density at radius 2 is 1.80 bits per heavy atom. The van der Waals surface area contributed by atoms with E-state index in [2.05, 4.69) is 42.8 Å². The van der Waals surface area contributed by atoms with Crippen LogP contribution in [0.5, 0.6) is 0 Å². The number of unbranched alkanes of at least 4 members (excludes halogenated alkanes) is 2. The summed E-state index contributed by atoms with van der Waals surface area (Å²) in [5.74, 6) is 0. The normalized spacial score (nSPS) is 18.0. The van der Waals surface area contributed by atoms with Gasteiger partial charge in [0.2, 0.25) is 5.13 Å². The van der Waals surface area contributed by atoms with Crippen molar-refractivity contribution in [2.24, 2.45) is 0 Å². The molecule has 2 heterocycles. The van der Waals surface area contributed by atoms with Crippen molar-refractivity contribution in [3.8, 4) is 0 Å². The third-order valence-corrected chi connectivity index (χ3v) is 5.66. The second kappa shape index (κ2) is 10.1. The third kappa shape index (κ3) is 4.91. The van der Waals surface area contributed by atoms with Gasteiger partial charge in [-0.3, -0.25) is 4.90 Å². The molecule has 1 fully saturated rings. The third-order valence-electron chi connectivity index (χ3n) is 4.60. The van der Waals surface area contributed by atoms with Crippen molar-refractivity contribution in [3.63, 3.8) is 0 Å². The molecule has 0 radical (unpaired) electrons. The molecule has 1 aromatic heterocycles. The number of carbonyl (C=O) groups is 1. The molecule has 142 valence electrons. The second-order valence-electron chi connectivity index (χ2n) is 6.65. The van der Waals surface area contributed by atoms with E-state index >= 15 is 0 Å². The molecule has 1 atom stereocenters. The van der Waals surface area contributed by atoms with E-state index in [-0.39, 0.29) is 12.2 Å². The number of hydrogen-bond acceptors (Lipinski definition) is 5. The highest BCUT2D eigenvalue weighted by molar-refractivity contribution is 7.15. The average Bonchev–Trinajstić information content (AvgIpc) is 3.20. The molecule has 1 aliphatic heterocycles. The van der Waals surface area contributed by atoms with E-state index in [1.54, 1.807) is 11.3 Å². The Bertz CT molecular complexity index is 529. The lowest BCUT2D eigenvalue weighted by Gasteiger charge is -2.32. The monoisotopic (exact) mass is 367 g/mol. The number of amides is 2. The van der Waals surface area contributed by atoms with Crippen LogP contribution >= 0.6 is 11.3 Å². The van der Waals surface area contributed by atoms with E-state index in [9.17, 15) is 4.79 Å². The SMILES string of the molecule is CCCCCN1CC(N(CCC)CCC)N(c2nnc(CC)s2)C1=O. The standard InChI is InChI=1S/C18H33N5OS/c1-5-9-10-13-22-14-16(21(11-6-2)12-7-3)23(18(22)24)17-20-19-15(8-4)25-17/h16H,5-14H2,1-4H3. The molecule has 1 aliphatic rings. The maximum atomic E-state index is 13.1. The Labute approximate surface area is 156 Å². The number of rotatable bonds is 11. The lowest BCUT2D eigenvalue weighted by atomic mass is 10.2. The number of anilines is 1. The number of carbonyl (C=O) groups excluding carboxylic acids is 1. The van der Waals surface area contributed by atoms with E-state index < -0.39 is 0 Å². The summed E-state index contributed by atoms with van der Waals surface area (Å²) in [6.07, 6.45) is 6.52. The van der Waals surface area contributed by atoms with Crippen molar-refractivity contribution in [1.82, 2.24) is 20.0 Å². The van der Waals surface area contributed by atoms with Crippen molar-refractivity contribution in [3.05, 3.63) is 5.01 Å². The number of hydrogen-bond donors (Lipinski definition) is 0. The largest absolute Gasteiger partial charge is 0.327 e. The van der Waals surface area contributed by atoms with Gasteiger partial charge in [0.05, 0.1) is 6.54 Å². The van der Waals surface area contributed by atoms with Gasteiger partial charge in [0.15, 0.2) is 0 Å². The predicted molar refractivity (Wildman–Crippen MR) is 104 cm³/mol. The van der Waals surface area contributed by atoms with Crippen LogP contribution in [0.15, 0.2) is 0 Å². The van der Waals surface area contributed by atoms with Gasteiger partial charge in [-0.25, -0.2) is 9.69 Å². The van der Waals surface area contributed by atoms with Crippen molar-refractivity contribution in [2.75, 3.05) is 31.1 Å². The lowest BCUT2D eigenvalue weighted by molar-refractivity contribution is 0.191. The molecule has 1 unspecified atom stereocenters. The van der Waals surface area contributed by atoms with Gasteiger partial charge in [0, 0.05) is 6.54 Å². The highest BCUT2D eigenvalue weighted by atomic mass is 32.1. The fourth-order valence-corrected chi connectivity index (χ4v) is 4.15. The van der Waals surface area contributed by atoms with Gasteiger partial charge in [-0.05, 0) is 38.8 Å². The van der Waals surface area contributed by atoms with Crippen LogP contribution in [0.4, 0.5) is 9.93 Å². The minimum Gasteiger partial charge on any atom is -0.321 e. The van der Waals surface area contributed by atoms with Crippen molar-refractivity contribution >= 4 is 22.5 Å². The highest BCUT2D eigenvalue weighted by Gasteiger charge is 2.42. The molecule has 0 N–H and O–H groups in total. The molecular formula is C18H33N5OS. The fraction of sp³-hybridized carbons (Fsp3) is 0.833. The Morgan fingerprint density at radius 3 is 2.36 bits per heavy atom. The molecule has 0 saturated carbocycles. The van der Waals surface area contributed by atoms with Crippen LogP contribution in [0.2, 0.25) is 0 Å². The van der Waals surface area contributed by atoms with Crippen molar-refractivity contribution < 1.29 is 4.79 Å². The van der Waals surface area contributed by atoms with Gasteiger partial charge in [0.25, 0.3) is 0 Å². The first-order valence-corrected chi connectivity index (χ1v) is 10.6. The van der Waals surface area contributed by atoms with Crippen LogP contribution in [0.25, 0.3) is 0 Å². The number of nitrogens with zero attached hydrogens (tertiary/aromatic N) is 5. The molecule has 25 heavy (non-hydrogen) atoms. The summed E-state index contributed by atoms with van der Waals surface area (Å²) >= 11 is 1.55. The summed E-state index contributed by atoms with van der Waals surface area (Å²) in [4.78, 5) is 19.4. The molecule has 2 rings (SSSR count). The van der Waals surface area contributed by atoms with Gasteiger partial charge in [-0.15, -0.1) is 10.2 Å². The minimum absolute atomic E-state index is 0.0756. The molecule has 0 spiro atoms. The van der Waals surface area contributed by atoms with E-state index in [4.69, 9.17) is 0 Å². The molecule has 6 nitrogen and oxygen atoms in total. The van der Waals surface area contributed by atoms with Gasteiger partial charge >= 0.3 is 6.03 Å². The summed E-state index contributed by atoms with van der Waals surface area (Å²) in [5.41, 5.74) is 0. The Morgan fingerprint density at radius 1 is 1.08 bits per heavy atom. The van der Waals surface area contributed by atoms with Crippen LogP contribution in [0, 0.1) is 0 Å². The van der Waals surface area contributed by atoms with Crippen LogP contribution in [-0.4, -0.2) is 58.4 Å². The summed E-state index contributed by atoms with van der Waals surface area (Å²) in [7, 11) is 0. The average molecular weight is 368 g/mol. The maximum absolute atomic E-state index is 13.1. The number of urea groups is 1. The zero-order chi connectivity index (χ0) is 18.2. The predicted octanol–water partition coefficient (Wildman–Crippen LogP) is 3.98. The van der Waals surface area contributed by atoms with Crippen LogP contribution in [-0.2, 0) is 6.42 Å². The summed E-state index contributed by atoms with van der Waals surface area (Å²) in [6, 6.07) is 0.0945. The molecule has 1 aromatic rings. The summed E-state index contributed by atoms with van der Waals surface area (Å²) in [5, 5.41) is 10.3. The van der Waals surface area contributed by atoms with Crippen LogP contribution in [0.3, 0.4) is 0 Å². The first-order valence-electron chi connectivity index (χ1n) is 9.80. The maximum Gasteiger partial charge on any atom is 0.327 e. The quantitative estimate of drug-likeness (QED) is 0.555. The van der Waals surface area contributed by atoms with E-state index in [0.717, 1.165) is 62.0 Å². The van der Waals surface area contributed by atoms with Gasteiger partial charge in [-0.1, -0.05) is 51.9 Å². The molecule has 7 heteroatoms. The first-order chi connectivity index (χ1) is 12.2. The summed E-state index contributed by atoms with van der Waals surface area (Å²) in [6.45, 7) is 12.3. The highest BCUT2D eigenvalue weighted by Crippen LogP contribution is 2.30. The van der Waals surface area contributed by atoms with Gasteiger partial charge < -0.3 is 4.90 Å². The fourth-order valence-electron chi connectivity index (χ4n) is 3.33. The van der Waals surface area contributed by atoms with E-state index in [1.807, 2.05) is 9.80 Å². The van der Waals surface area contributed by atoms with Crippen molar-refractivity contribution in [2.45, 2.75) is 72.4 Å². The zero-order valence-corrected chi connectivity index (χ0v) is 17.0. The number of aryl methyl sites for hydroxylation is 1. The molecule has 0 bridgehead atoms. The van der Waals surface area contributed by atoms with E-state index in [0.29, 0.717) is 0 Å². The first kappa shape index (κ1) is 20.1. The molecular weight excluding hydrogens is 334 g/mol. The number of aromatic nitrogens is 2. The van der Waals surface area contributed by atoms with Gasteiger partial charge in [0.1, 0.15) is 11.2 Å².